The Labute approximate surface area is 134 Å². The molecule has 4 nitrogen and oxygen atoms in total. The van der Waals surface area contributed by atoms with E-state index in [0.717, 1.165) is 25.0 Å². The summed E-state index contributed by atoms with van der Waals surface area (Å²) in [4.78, 5) is 0.0368. The first-order chi connectivity index (χ1) is 9.96. The number of sulfonamides is 1. The quantitative estimate of drug-likeness (QED) is 0.890. The van der Waals surface area contributed by atoms with Crippen LogP contribution in [0.1, 0.15) is 31.7 Å². The Morgan fingerprint density at radius 1 is 1.48 bits per heavy atom. The largest absolute Gasteiger partial charge is 0.242 e. The second-order valence-electron chi connectivity index (χ2n) is 4.97. The first kappa shape index (κ1) is 16.6. The monoisotopic (exact) mass is 344 g/mol. The van der Waals surface area contributed by atoms with Gasteiger partial charge in [-0.3, -0.25) is 0 Å². The third kappa shape index (κ3) is 4.13. The van der Waals surface area contributed by atoms with Crippen LogP contribution in [0.5, 0.6) is 0 Å². The zero-order valence-electron chi connectivity index (χ0n) is 11.7. The smallest absolute Gasteiger partial charge is 0.208 e. The van der Waals surface area contributed by atoms with Crippen molar-refractivity contribution in [1.82, 2.24) is 4.72 Å². The topological polar surface area (TPSA) is 70.0 Å². The predicted octanol–water partition coefficient (Wildman–Crippen LogP) is 3.16. The van der Waals surface area contributed by atoms with Crippen molar-refractivity contribution >= 4 is 33.4 Å². The van der Waals surface area contributed by atoms with Crippen LogP contribution in [0.2, 0.25) is 5.02 Å². The first-order valence-corrected chi connectivity index (χ1v) is 9.71. The van der Waals surface area contributed by atoms with Crippen molar-refractivity contribution in [3.05, 3.63) is 28.8 Å². The van der Waals surface area contributed by atoms with Crippen LogP contribution in [0.25, 0.3) is 0 Å². The van der Waals surface area contributed by atoms with Crippen molar-refractivity contribution in [2.75, 3.05) is 5.75 Å². The van der Waals surface area contributed by atoms with Crippen LogP contribution in [0.3, 0.4) is 0 Å². The Balaban J connectivity index is 2.11. The molecule has 1 aliphatic rings. The molecule has 7 heteroatoms. The molecule has 1 aliphatic carbocycles. The Bertz CT molecular complexity index is 655. The number of halogens is 1. The molecule has 0 aromatic heterocycles. The average Bonchev–Trinajstić information content (AvgIpc) is 2.85. The van der Waals surface area contributed by atoms with E-state index < -0.39 is 10.0 Å². The van der Waals surface area contributed by atoms with Crippen molar-refractivity contribution in [3.8, 4) is 6.07 Å². The molecule has 0 heterocycles. The number of hydrogen-bond donors (Lipinski definition) is 1. The van der Waals surface area contributed by atoms with Crippen LogP contribution >= 0.6 is 23.4 Å². The number of hydrogen-bond acceptors (Lipinski definition) is 4. The summed E-state index contributed by atoms with van der Waals surface area (Å²) in [6.45, 7) is 2.11. The van der Waals surface area contributed by atoms with Crippen molar-refractivity contribution in [2.45, 2.75) is 42.4 Å². The Morgan fingerprint density at radius 2 is 2.24 bits per heavy atom. The molecule has 1 aromatic carbocycles. The molecule has 0 saturated heterocycles. The Morgan fingerprint density at radius 3 is 2.86 bits per heavy atom. The van der Waals surface area contributed by atoms with Gasteiger partial charge in [0.15, 0.2) is 0 Å². The summed E-state index contributed by atoms with van der Waals surface area (Å²) < 4.78 is 27.5. The van der Waals surface area contributed by atoms with Crippen molar-refractivity contribution in [3.63, 3.8) is 0 Å². The van der Waals surface area contributed by atoms with Crippen molar-refractivity contribution < 1.29 is 8.42 Å². The van der Waals surface area contributed by atoms with Gasteiger partial charge in [0.25, 0.3) is 0 Å². The lowest BCUT2D eigenvalue weighted by Crippen LogP contribution is -2.33. The molecule has 0 spiro atoms. The molecule has 0 amide bonds. The van der Waals surface area contributed by atoms with Gasteiger partial charge in [-0.05, 0) is 43.2 Å². The normalized spacial score (nSPS) is 22.1. The van der Waals surface area contributed by atoms with Gasteiger partial charge >= 0.3 is 0 Å². The second-order valence-corrected chi connectivity index (χ2v) is 8.63. The summed E-state index contributed by atoms with van der Waals surface area (Å²) in [5.41, 5.74) is 0.347. The van der Waals surface area contributed by atoms with Gasteiger partial charge in [0, 0.05) is 11.3 Å². The molecule has 2 unspecified atom stereocenters. The van der Waals surface area contributed by atoms with Crippen LogP contribution in [-0.2, 0) is 10.0 Å². The number of thioether (sulfide) groups is 1. The van der Waals surface area contributed by atoms with Crippen LogP contribution < -0.4 is 4.72 Å². The molecule has 1 saturated carbocycles. The van der Waals surface area contributed by atoms with E-state index in [2.05, 4.69) is 11.6 Å². The summed E-state index contributed by atoms with van der Waals surface area (Å²) in [6, 6.07) is 6.12. The molecule has 0 radical (unpaired) electrons. The van der Waals surface area contributed by atoms with Gasteiger partial charge in [0.2, 0.25) is 10.0 Å². The number of nitriles is 1. The number of rotatable bonds is 5. The highest BCUT2D eigenvalue weighted by molar-refractivity contribution is 7.99. The third-order valence-electron chi connectivity index (χ3n) is 3.46. The molecule has 21 heavy (non-hydrogen) atoms. The van der Waals surface area contributed by atoms with E-state index in [1.807, 2.05) is 17.8 Å². The fraction of sp³-hybridized carbons (Fsp3) is 0.500. The van der Waals surface area contributed by atoms with Gasteiger partial charge in [0.05, 0.1) is 16.7 Å². The van der Waals surface area contributed by atoms with E-state index in [1.165, 1.54) is 18.2 Å². The lowest BCUT2D eigenvalue weighted by atomic mass is 10.2. The highest BCUT2D eigenvalue weighted by atomic mass is 35.5. The SMILES string of the molecule is CCSC1CCC(NS(=O)(=O)c2ccc(C#N)cc2Cl)C1. The van der Waals surface area contributed by atoms with Gasteiger partial charge in [0.1, 0.15) is 4.90 Å². The van der Waals surface area contributed by atoms with Crippen molar-refractivity contribution in [1.29, 1.82) is 5.26 Å². The maximum Gasteiger partial charge on any atom is 0.242 e. The summed E-state index contributed by atoms with van der Waals surface area (Å²) >= 11 is 7.86. The highest BCUT2D eigenvalue weighted by Crippen LogP contribution is 2.31. The maximum absolute atomic E-state index is 12.4. The number of nitrogens with zero attached hydrogens (tertiary/aromatic N) is 1. The fourth-order valence-corrected chi connectivity index (χ4v) is 5.48. The van der Waals surface area contributed by atoms with E-state index in [0.29, 0.717) is 10.8 Å². The lowest BCUT2D eigenvalue weighted by molar-refractivity contribution is 0.552. The average molecular weight is 345 g/mol. The molecule has 1 aromatic rings. The zero-order chi connectivity index (χ0) is 15.5. The molecule has 1 N–H and O–H groups in total. The third-order valence-corrected chi connectivity index (χ3v) is 6.70. The second kappa shape index (κ2) is 7.01. The molecule has 2 rings (SSSR count). The van der Waals surface area contributed by atoms with E-state index in [-0.39, 0.29) is 16.0 Å². The number of benzene rings is 1. The van der Waals surface area contributed by atoms with E-state index in [1.54, 1.807) is 0 Å². The Kier molecular flexibility index (Phi) is 5.55. The van der Waals surface area contributed by atoms with E-state index in [4.69, 9.17) is 16.9 Å². The summed E-state index contributed by atoms with van der Waals surface area (Å²) in [6.07, 6.45) is 2.74. The molecule has 1 fully saturated rings. The van der Waals surface area contributed by atoms with Gasteiger partial charge in [-0.2, -0.15) is 17.0 Å². The van der Waals surface area contributed by atoms with Crippen LogP contribution in [0, 0.1) is 11.3 Å². The molecule has 0 aliphatic heterocycles. The maximum atomic E-state index is 12.4. The molecule has 0 bridgehead atoms. The highest BCUT2D eigenvalue weighted by Gasteiger charge is 2.29. The van der Waals surface area contributed by atoms with Crippen LogP contribution in [0.15, 0.2) is 23.1 Å². The summed E-state index contributed by atoms with van der Waals surface area (Å²) in [5.74, 6) is 1.05. The van der Waals surface area contributed by atoms with Crippen LogP contribution in [0.4, 0.5) is 0 Å². The minimum Gasteiger partial charge on any atom is -0.208 e. The van der Waals surface area contributed by atoms with Gasteiger partial charge < -0.3 is 0 Å². The number of nitrogens with one attached hydrogen (secondary N) is 1. The molecule has 114 valence electrons. The van der Waals surface area contributed by atoms with Crippen LogP contribution in [-0.4, -0.2) is 25.5 Å². The minimum atomic E-state index is -3.64. The first-order valence-electron chi connectivity index (χ1n) is 6.80. The minimum absolute atomic E-state index is 0.0363. The predicted molar refractivity (Wildman–Crippen MR) is 86.0 cm³/mol. The molecular weight excluding hydrogens is 328 g/mol. The molecular formula is C14H17ClN2O2S2. The van der Waals surface area contributed by atoms with Gasteiger partial charge in [-0.1, -0.05) is 18.5 Å². The van der Waals surface area contributed by atoms with E-state index >= 15 is 0 Å². The van der Waals surface area contributed by atoms with Crippen molar-refractivity contribution in [2.24, 2.45) is 0 Å². The standard InChI is InChI=1S/C14H17ClN2O2S2/c1-2-20-12-5-4-11(8-12)17-21(18,19)14-6-3-10(9-16)7-13(14)15/h3,6-7,11-12,17H,2,4-5,8H2,1H3. The molecule has 2 atom stereocenters. The van der Waals surface area contributed by atoms with E-state index in [9.17, 15) is 8.42 Å². The van der Waals surface area contributed by atoms with Gasteiger partial charge in [-0.25, -0.2) is 13.1 Å². The summed E-state index contributed by atoms with van der Waals surface area (Å²) in [7, 11) is -3.64. The lowest BCUT2D eigenvalue weighted by Gasteiger charge is -2.14. The summed E-state index contributed by atoms with van der Waals surface area (Å²) in [5, 5.41) is 9.40. The Hall–Kier alpha value is -0.740. The zero-order valence-corrected chi connectivity index (χ0v) is 14.1. The van der Waals surface area contributed by atoms with Gasteiger partial charge in [-0.15, -0.1) is 0 Å². The fourth-order valence-electron chi connectivity index (χ4n) is 2.51.